The molecule has 0 aliphatic carbocycles. The lowest BCUT2D eigenvalue weighted by atomic mass is 10.1. The summed E-state index contributed by atoms with van der Waals surface area (Å²) in [5, 5.41) is 12.4. The van der Waals surface area contributed by atoms with Crippen LogP contribution in [0.15, 0.2) is 42.5 Å². The second-order valence-electron chi connectivity index (χ2n) is 5.39. The molecular formula is C17H21NO3. The number of aliphatic hydroxyl groups excluding tert-OH is 1. The van der Waals surface area contributed by atoms with E-state index in [1.165, 1.54) is 5.39 Å². The Hall–Kier alpha value is -1.62. The Labute approximate surface area is 124 Å². The summed E-state index contributed by atoms with van der Waals surface area (Å²) in [6, 6.07) is 14.2. The van der Waals surface area contributed by atoms with E-state index in [2.05, 4.69) is 17.0 Å². The molecule has 1 N–H and O–H groups in total. The van der Waals surface area contributed by atoms with E-state index in [-0.39, 0.29) is 0 Å². The summed E-state index contributed by atoms with van der Waals surface area (Å²) >= 11 is 0. The van der Waals surface area contributed by atoms with Crippen molar-refractivity contribution >= 4 is 10.8 Å². The molecule has 1 atom stereocenters. The highest BCUT2D eigenvalue weighted by atomic mass is 16.5. The number of rotatable bonds is 5. The van der Waals surface area contributed by atoms with Gasteiger partial charge in [-0.05, 0) is 22.9 Å². The van der Waals surface area contributed by atoms with Gasteiger partial charge in [-0.2, -0.15) is 0 Å². The van der Waals surface area contributed by atoms with E-state index >= 15 is 0 Å². The first-order chi connectivity index (χ1) is 10.3. The van der Waals surface area contributed by atoms with E-state index < -0.39 is 6.10 Å². The minimum Gasteiger partial charge on any atom is -0.491 e. The third-order valence-corrected chi connectivity index (χ3v) is 3.74. The minimum absolute atomic E-state index is 0.315. The highest BCUT2D eigenvalue weighted by molar-refractivity contribution is 5.83. The van der Waals surface area contributed by atoms with Crippen molar-refractivity contribution in [2.24, 2.45) is 0 Å². The number of hydrogen-bond donors (Lipinski definition) is 1. The summed E-state index contributed by atoms with van der Waals surface area (Å²) in [6.45, 7) is 4.21. The molecule has 0 unspecified atom stereocenters. The first kappa shape index (κ1) is 14.3. The molecule has 2 aromatic rings. The Morgan fingerprint density at radius 3 is 2.67 bits per heavy atom. The third-order valence-electron chi connectivity index (χ3n) is 3.74. The molecule has 1 heterocycles. The van der Waals surface area contributed by atoms with Crippen LogP contribution in [0.4, 0.5) is 0 Å². The number of benzene rings is 2. The molecule has 112 valence electrons. The second-order valence-corrected chi connectivity index (χ2v) is 5.39. The van der Waals surface area contributed by atoms with Crippen LogP contribution < -0.4 is 4.74 Å². The van der Waals surface area contributed by atoms with Crippen LogP contribution >= 0.6 is 0 Å². The lowest BCUT2D eigenvalue weighted by Crippen LogP contribution is -2.42. The predicted octanol–water partition coefficient (Wildman–Crippen LogP) is 1.91. The average Bonchev–Trinajstić information content (AvgIpc) is 2.54. The maximum atomic E-state index is 10.1. The van der Waals surface area contributed by atoms with E-state index in [1.807, 2.05) is 30.3 Å². The van der Waals surface area contributed by atoms with E-state index in [0.29, 0.717) is 13.2 Å². The van der Waals surface area contributed by atoms with Crippen LogP contribution in [0.2, 0.25) is 0 Å². The van der Waals surface area contributed by atoms with Gasteiger partial charge in [0.2, 0.25) is 0 Å². The predicted molar refractivity (Wildman–Crippen MR) is 82.7 cm³/mol. The summed E-state index contributed by atoms with van der Waals surface area (Å²) in [6.07, 6.45) is -0.477. The number of hydrogen-bond acceptors (Lipinski definition) is 4. The van der Waals surface area contributed by atoms with Crippen molar-refractivity contribution in [1.82, 2.24) is 4.90 Å². The molecule has 0 bridgehead atoms. The average molecular weight is 287 g/mol. The van der Waals surface area contributed by atoms with Crippen LogP contribution in [-0.2, 0) is 4.74 Å². The molecule has 0 amide bonds. The Balaban J connectivity index is 1.53. The molecule has 1 fully saturated rings. The molecule has 0 radical (unpaired) electrons. The molecule has 2 aromatic carbocycles. The Morgan fingerprint density at radius 2 is 1.86 bits per heavy atom. The number of β-amino-alcohol motifs (C(OH)–C–C–N with tert-alkyl or cyclic N) is 1. The standard InChI is InChI=1S/C17H21NO3/c19-16(12-18-7-9-20-10-8-18)13-21-17-6-5-14-3-1-2-4-15(14)11-17/h1-6,11,16,19H,7-10,12-13H2/t16-/m1/s1. The van der Waals surface area contributed by atoms with E-state index in [0.717, 1.165) is 37.4 Å². The van der Waals surface area contributed by atoms with Crippen molar-refractivity contribution in [3.05, 3.63) is 42.5 Å². The van der Waals surface area contributed by atoms with Gasteiger partial charge < -0.3 is 14.6 Å². The molecule has 1 aliphatic rings. The Kier molecular flexibility index (Phi) is 4.70. The summed E-state index contributed by atoms with van der Waals surface area (Å²) in [5.74, 6) is 0.801. The summed E-state index contributed by atoms with van der Waals surface area (Å²) in [5.41, 5.74) is 0. The van der Waals surface area contributed by atoms with Crippen molar-refractivity contribution in [1.29, 1.82) is 0 Å². The first-order valence-corrected chi connectivity index (χ1v) is 7.41. The number of nitrogens with zero attached hydrogens (tertiary/aromatic N) is 1. The van der Waals surface area contributed by atoms with Gasteiger partial charge in [-0.3, -0.25) is 4.90 Å². The van der Waals surface area contributed by atoms with Crippen LogP contribution in [0.1, 0.15) is 0 Å². The van der Waals surface area contributed by atoms with Gasteiger partial charge in [0.25, 0.3) is 0 Å². The molecule has 0 saturated carbocycles. The van der Waals surface area contributed by atoms with E-state index in [4.69, 9.17) is 9.47 Å². The van der Waals surface area contributed by atoms with Crippen molar-refractivity contribution in [3.8, 4) is 5.75 Å². The molecule has 0 aromatic heterocycles. The zero-order chi connectivity index (χ0) is 14.5. The molecule has 1 aliphatic heterocycles. The van der Waals surface area contributed by atoms with Gasteiger partial charge in [-0.25, -0.2) is 0 Å². The maximum Gasteiger partial charge on any atom is 0.120 e. The molecule has 21 heavy (non-hydrogen) atoms. The molecule has 4 nitrogen and oxygen atoms in total. The van der Waals surface area contributed by atoms with Gasteiger partial charge in [-0.1, -0.05) is 30.3 Å². The molecular weight excluding hydrogens is 266 g/mol. The fourth-order valence-electron chi connectivity index (χ4n) is 2.58. The molecule has 4 heteroatoms. The van der Waals surface area contributed by atoms with Crippen molar-refractivity contribution in [3.63, 3.8) is 0 Å². The van der Waals surface area contributed by atoms with Crippen molar-refractivity contribution < 1.29 is 14.6 Å². The largest absolute Gasteiger partial charge is 0.491 e. The van der Waals surface area contributed by atoms with Gasteiger partial charge in [-0.15, -0.1) is 0 Å². The number of aliphatic hydroxyl groups is 1. The third kappa shape index (κ3) is 3.94. The zero-order valence-corrected chi connectivity index (χ0v) is 12.1. The SMILES string of the molecule is O[C@@H](COc1ccc2ccccc2c1)CN1CCOCC1. The normalized spacial score (nSPS) is 17.8. The first-order valence-electron chi connectivity index (χ1n) is 7.41. The smallest absolute Gasteiger partial charge is 0.120 e. The summed E-state index contributed by atoms with van der Waals surface area (Å²) < 4.78 is 11.0. The van der Waals surface area contributed by atoms with Crippen LogP contribution in [0.25, 0.3) is 10.8 Å². The lowest BCUT2D eigenvalue weighted by Gasteiger charge is -2.28. The van der Waals surface area contributed by atoms with Crippen molar-refractivity contribution in [2.75, 3.05) is 39.5 Å². The van der Waals surface area contributed by atoms with Gasteiger partial charge in [0.1, 0.15) is 18.5 Å². The van der Waals surface area contributed by atoms with Crippen LogP contribution in [0.5, 0.6) is 5.75 Å². The fourth-order valence-corrected chi connectivity index (χ4v) is 2.58. The zero-order valence-electron chi connectivity index (χ0n) is 12.1. The highest BCUT2D eigenvalue weighted by Crippen LogP contribution is 2.20. The molecule has 1 saturated heterocycles. The quantitative estimate of drug-likeness (QED) is 0.912. The maximum absolute atomic E-state index is 10.1. The lowest BCUT2D eigenvalue weighted by molar-refractivity contribution is 0.00467. The molecule has 0 spiro atoms. The van der Waals surface area contributed by atoms with Gasteiger partial charge in [0.15, 0.2) is 0 Å². The minimum atomic E-state index is -0.477. The van der Waals surface area contributed by atoms with Crippen LogP contribution in [-0.4, -0.2) is 55.6 Å². The van der Waals surface area contributed by atoms with Crippen molar-refractivity contribution in [2.45, 2.75) is 6.10 Å². The van der Waals surface area contributed by atoms with E-state index in [9.17, 15) is 5.11 Å². The summed E-state index contributed by atoms with van der Waals surface area (Å²) in [4.78, 5) is 2.21. The van der Waals surface area contributed by atoms with Crippen LogP contribution in [0.3, 0.4) is 0 Å². The van der Waals surface area contributed by atoms with Gasteiger partial charge in [0.05, 0.1) is 13.2 Å². The Morgan fingerprint density at radius 1 is 1.10 bits per heavy atom. The number of morpholine rings is 1. The number of ether oxygens (including phenoxy) is 2. The monoisotopic (exact) mass is 287 g/mol. The van der Waals surface area contributed by atoms with Gasteiger partial charge in [0, 0.05) is 19.6 Å². The Bertz CT molecular complexity index is 581. The fraction of sp³-hybridized carbons (Fsp3) is 0.412. The highest BCUT2D eigenvalue weighted by Gasteiger charge is 2.15. The van der Waals surface area contributed by atoms with E-state index in [1.54, 1.807) is 0 Å². The molecule has 3 rings (SSSR count). The topological polar surface area (TPSA) is 41.9 Å². The van der Waals surface area contributed by atoms with Gasteiger partial charge >= 0.3 is 0 Å². The number of fused-ring (bicyclic) bond motifs is 1. The summed E-state index contributed by atoms with van der Waals surface area (Å²) in [7, 11) is 0. The van der Waals surface area contributed by atoms with Crippen LogP contribution in [0, 0.1) is 0 Å². The second kappa shape index (κ2) is 6.89.